The third-order valence-corrected chi connectivity index (χ3v) is 8.06. The zero-order valence-corrected chi connectivity index (χ0v) is 18.3. The van der Waals surface area contributed by atoms with Crippen molar-refractivity contribution >= 4 is 26.7 Å². The Hall–Kier alpha value is -2.13. The summed E-state index contributed by atoms with van der Waals surface area (Å²) in [6.45, 7) is 4.12. The van der Waals surface area contributed by atoms with Crippen molar-refractivity contribution in [2.45, 2.75) is 37.0 Å². The molecule has 0 amide bonds. The van der Waals surface area contributed by atoms with Crippen LogP contribution in [0.3, 0.4) is 0 Å². The maximum Gasteiger partial charge on any atom is 0.157 e. The van der Waals surface area contributed by atoms with Crippen molar-refractivity contribution < 1.29 is 13.2 Å². The van der Waals surface area contributed by atoms with Gasteiger partial charge in [-0.15, -0.1) is 0 Å². The molecule has 2 fully saturated rings. The van der Waals surface area contributed by atoms with Crippen LogP contribution >= 0.6 is 0 Å². The van der Waals surface area contributed by atoms with E-state index in [1.807, 2.05) is 32.4 Å². The molecule has 2 aromatic rings. The number of morpholine rings is 1. The second-order valence-corrected chi connectivity index (χ2v) is 10.4. The van der Waals surface area contributed by atoms with E-state index in [9.17, 15) is 8.42 Å². The Morgan fingerprint density at radius 1 is 1.41 bits per heavy atom. The highest BCUT2D eigenvalue weighted by Crippen LogP contribution is 2.54. The van der Waals surface area contributed by atoms with E-state index < -0.39 is 14.6 Å². The molecule has 3 heterocycles. The Morgan fingerprint density at radius 2 is 2.17 bits per heavy atom. The highest BCUT2D eigenvalue weighted by atomic mass is 32.2. The molecule has 1 aliphatic heterocycles. The van der Waals surface area contributed by atoms with Crippen LogP contribution < -0.4 is 10.2 Å². The molecule has 4 rings (SSSR count). The summed E-state index contributed by atoms with van der Waals surface area (Å²) in [5.74, 6) is 0.810. The number of aryl methyl sites for hydroxylation is 1. The van der Waals surface area contributed by atoms with Crippen LogP contribution in [0.5, 0.6) is 0 Å². The lowest BCUT2D eigenvalue weighted by atomic mass is 10.1. The molecule has 0 bridgehead atoms. The van der Waals surface area contributed by atoms with Gasteiger partial charge in [-0.1, -0.05) is 6.08 Å². The highest BCUT2D eigenvalue weighted by Gasteiger charge is 2.55. The molecule has 9 heteroatoms. The summed E-state index contributed by atoms with van der Waals surface area (Å²) in [4.78, 5) is 7.18. The molecule has 29 heavy (non-hydrogen) atoms. The molecule has 0 aromatic carbocycles. The fraction of sp³-hybridized carbons (Fsp3) is 0.600. The van der Waals surface area contributed by atoms with Crippen molar-refractivity contribution in [3.05, 3.63) is 29.6 Å². The molecule has 1 atom stereocenters. The molecule has 1 saturated carbocycles. The van der Waals surface area contributed by atoms with Crippen LogP contribution in [0.15, 0.2) is 18.3 Å². The van der Waals surface area contributed by atoms with E-state index in [1.54, 1.807) is 4.68 Å². The Balaban J connectivity index is 1.93. The van der Waals surface area contributed by atoms with Gasteiger partial charge in [0.15, 0.2) is 9.84 Å². The van der Waals surface area contributed by atoms with Gasteiger partial charge in [0.2, 0.25) is 0 Å². The summed E-state index contributed by atoms with van der Waals surface area (Å²) in [5.41, 5.74) is 3.29. The van der Waals surface area contributed by atoms with E-state index in [2.05, 4.69) is 22.2 Å². The normalized spacial score (nSPS) is 21.8. The first-order chi connectivity index (χ1) is 13.8. The Morgan fingerprint density at radius 3 is 2.79 bits per heavy atom. The van der Waals surface area contributed by atoms with E-state index in [0.29, 0.717) is 32.5 Å². The van der Waals surface area contributed by atoms with Crippen molar-refractivity contribution in [1.82, 2.24) is 20.1 Å². The molecular weight excluding hydrogens is 390 g/mol. The third-order valence-electron chi connectivity index (χ3n) is 6.01. The number of allylic oxidation sites excluding steroid dienone is 1. The minimum Gasteiger partial charge on any atom is -0.394 e. The van der Waals surface area contributed by atoms with Crippen molar-refractivity contribution in [3.8, 4) is 0 Å². The largest absolute Gasteiger partial charge is 0.394 e. The molecule has 1 N–H and O–H groups in total. The minimum absolute atomic E-state index is 0.180. The van der Waals surface area contributed by atoms with Crippen molar-refractivity contribution in [2.24, 2.45) is 7.05 Å². The number of nitrogens with zero attached hydrogens (tertiary/aromatic N) is 4. The Bertz CT molecular complexity index is 1060. The van der Waals surface area contributed by atoms with Gasteiger partial charge in [-0.05, 0) is 32.0 Å². The number of ether oxygens (including phenoxy) is 1. The maximum absolute atomic E-state index is 12.7. The molecular formula is C20H29N5O3S. The van der Waals surface area contributed by atoms with Gasteiger partial charge in [-0.3, -0.25) is 4.68 Å². The number of rotatable bonds is 6. The summed E-state index contributed by atoms with van der Waals surface area (Å²) in [5, 5.41) is 7.68. The van der Waals surface area contributed by atoms with Crippen molar-refractivity contribution in [2.75, 3.05) is 38.0 Å². The van der Waals surface area contributed by atoms with Crippen molar-refractivity contribution in [1.29, 1.82) is 0 Å². The summed E-state index contributed by atoms with van der Waals surface area (Å²) >= 11 is 0. The first-order valence-corrected chi connectivity index (χ1v) is 11.9. The SMILES string of the molecule is CN/C=C\Cc1nn(C)c2c(C3(S(C)(=O)=O)CC3)cc(N3CCOC[C@H]3C)nc12. The lowest BCUT2D eigenvalue weighted by molar-refractivity contribution is 0.0985. The number of sulfone groups is 1. The van der Waals surface area contributed by atoms with E-state index in [1.165, 1.54) is 6.26 Å². The number of hydrogen-bond acceptors (Lipinski definition) is 7. The summed E-state index contributed by atoms with van der Waals surface area (Å²) in [7, 11) is 0.459. The summed E-state index contributed by atoms with van der Waals surface area (Å²) < 4.78 is 32.0. The predicted molar refractivity (Wildman–Crippen MR) is 114 cm³/mol. The van der Waals surface area contributed by atoms with Crippen LogP contribution in [0.1, 0.15) is 31.0 Å². The highest BCUT2D eigenvalue weighted by molar-refractivity contribution is 7.92. The molecule has 0 spiro atoms. The quantitative estimate of drug-likeness (QED) is 0.759. The zero-order chi connectivity index (χ0) is 20.8. The Kier molecular flexibility index (Phi) is 5.06. The lowest BCUT2D eigenvalue weighted by Gasteiger charge is -2.35. The van der Waals surface area contributed by atoms with Gasteiger partial charge in [0.25, 0.3) is 0 Å². The fourth-order valence-corrected chi connectivity index (χ4v) is 5.67. The average molecular weight is 420 g/mol. The van der Waals surface area contributed by atoms with Crippen LogP contribution in [0.2, 0.25) is 0 Å². The number of hydrogen-bond donors (Lipinski definition) is 1. The maximum atomic E-state index is 12.7. The lowest BCUT2D eigenvalue weighted by Crippen LogP contribution is -2.44. The van der Waals surface area contributed by atoms with Crippen LogP contribution in [0, 0.1) is 0 Å². The number of fused-ring (bicyclic) bond motifs is 1. The van der Waals surface area contributed by atoms with Gasteiger partial charge in [-0.25, -0.2) is 13.4 Å². The van der Waals surface area contributed by atoms with Crippen LogP contribution in [-0.2, 0) is 32.8 Å². The minimum atomic E-state index is -3.26. The molecule has 2 aromatic heterocycles. The van der Waals surface area contributed by atoms with Crippen LogP contribution in [0.25, 0.3) is 11.0 Å². The zero-order valence-electron chi connectivity index (χ0n) is 17.5. The molecule has 1 aliphatic carbocycles. The third kappa shape index (κ3) is 3.40. The number of pyridine rings is 1. The van der Waals surface area contributed by atoms with E-state index in [-0.39, 0.29) is 6.04 Å². The first kappa shape index (κ1) is 20.2. The van der Waals surface area contributed by atoms with Gasteiger partial charge >= 0.3 is 0 Å². The van der Waals surface area contributed by atoms with E-state index in [4.69, 9.17) is 9.72 Å². The fourth-order valence-electron chi connectivity index (χ4n) is 4.27. The van der Waals surface area contributed by atoms with E-state index in [0.717, 1.165) is 34.7 Å². The average Bonchev–Trinajstić information content (AvgIpc) is 3.43. The monoisotopic (exact) mass is 419 g/mol. The molecule has 1 saturated heterocycles. The van der Waals surface area contributed by atoms with Gasteiger partial charge < -0.3 is 15.0 Å². The molecule has 158 valence electrons. The number of aromatic nitrogens is 3. The number of anilines is 1. The second-order valence-electron chi connectivity index (χ2n) is 8.07. The summed E-state index contributed by atoms with van der Waals surface area (Å²) in [6, 6.07) is 2.16. The Labute approximate surface area is 171 Å². The van der Waals surface area contributed by atoms with Crippen LogP contribution in [0.4, 0.5) is 5.82 Å². The number of nitrogens with one attached hydrogen (secondary N) is 1. The van der Waals surface area contributed by atoms with Crippen molar-refractivity contribution in [3.63, 3.8) is 0 Å². The smallest absolute Gasteiger partial charge is 0.157 e. The van der Waals surface area contributed by atoms with Gasteiger partial charge in [0.05, 0.1) is 35.2 Å². The molecule has 2 aliphatic rings. The first-order valence-electron chi connectivity index (χ1n) is 10.0. The van der Waals surface area contributed by atoms with E-state index >= 15 is 0 Å². The summed E-state index contributed by atoms with van der Waals surface area (Å²) in [6.07, 6.45) is 7.12. The molecule has 0 unspecified atom stereocenters. The predicted octanol–water partition coefficient (Wildman–Crippen LogP) is 1.50. The van der Waals surface area contributed by atoms with Gasteiger partial charge in [-0.2, -0.15) is 5.10 Å². The molecule has 8 nitrogen and oxygen atoms in total. The standard InChI is InChI=1S/C20H29N5O3S/c1-14-13-28-11-10-25(14)17-12-15(20(7-8-20)29(4,26)27)19-18(22-17)16(23-24(19)3)6-5-9-21-2/h5,9,12,14,21H,6-8,10-11,13H2,1-4H3/b9-5-/t14-/m1/s1. The van der Waals surface area contributed by atoms with Gasteiger partial charge in [0.1, 0.15) is 11.3 Å². The van der Waals surface area contributed by atoms with Gasteiger partial charge in [0, 0.05) is 38.9 Å². The topological polar surface area (TPSA) is 89.4 Å². The molecule has 0 radical (unpaired) electrons. The van der Waals surface area contributed by atoms with Crippen LogP contribution in [-0.4, -0.2) is 62.3 Å². The second kappa shape index (κ2) is 7.28.